The first-order valence-corrected chi connectivity index (χ1v) is 14.6. The third-order valence-corrected chi connectivity index (χ3v) is 9.12. The minimum Gasteiger partial charge on any atom is -0.384 e. The summed E-state index contributed by atoms with van der Waals surface area (Å²) in [7, 11) is 0. The summed E-state index contributed by atoms with van der Waals surface area (Å²) < 4.78 is 38.9. The maximum absolute atomic E-state index is 13.8. The summed E-state index contributed by atoms with van der Waals surface area (Å²) in [6.07, 6.45) is 0.145. The first-order valence-electron chi connectivity index (χ1n) is 13.7. The van der Waals surface area contributed by atoms with Crippen LogP contribution in [0.15, 0.2) is 47.8 Å². The molecular weight excluding hydrogens is 580 g/mol. The number of hydrogen-bond acceptors (Lipinski definition) is 7. The zero-order valence-electron chi connectivity index (χ0n) is 23.2. The van der Waals surface area contributed by atoms with Crippen LogP contribution in [0.4, 0.5) is 8.78 Å². The van der Waals surface area contributed by atoms with Gasteiger partial charge < -0.3 is 30.3 Å². The molecule has 6 rings (SSSR count). The first kappa shape index (κ1) is 28.9. The topological polar surface area (TPSA) is 138 Å². The van der Waals surface area contributed by atoms with Gasteiger partial charge in [0, 0.05) is 34.3 Å². The molecule has 1 aromatic heterocycles. The van der Waals surface area contributed by atoms with Crippen molar-refractivity contribution < 1.29 is 32.6 Å². The Balaban J connectivity index is 1.17. The van der Waals surface area contributed by atoms with Crippen molar-refractivity contribution in [3.05, 3.63) is 81.0 Å². The number of nitrogens with one attached hydrogen (secondary N) is 2. The standard InChI is InChI=1S/C30H29F2N5O5S/c1-16(25-10-20(14-43-25)27(33)34)35-28(39)24-11-30(41-6-7-42-30)15-37(24)26(38)13-36-12-19-8-17(2-4-21(19)29(36)40)18-3-5-22(31)23(32)9-18/h2-5,8-10,14,16,24H,6-7,11-13,15H2,1H3,(H3,33,34)(H,35,39)/t16-,24?/m1/s1. The van der Waals surface area contributed by atoms with E-state index in [1.54, 1.807) is 29.6 Å². The lowest BCUT2D eigenvalue weighted by molar-refractivity contribution is -0.152. The van der Waals surface area contributed by atoms with E-state index in [2.05, 4.69) is 5.32 Å². The van der Waals surface area contributed by atoms with E-state index in [9.17, 15) is 23.2 Å². The number of carbonyl (C=O) groups is 3. The highest BCUT2D eigenvalue weighted by atomic mass is 32.1. The van der Waals surface area contributed by atoms with Crippen LogP contribution in [0.2, 0.25) is 0 Å². The fourth-order valence-electron chi connectivity index (χ4n) is 5.76. The molecule has 0 bridgehead atoms. The maximum Gasteiger partial charge on any atom is 0.254 e. The number of benzene rings is 2. The molecule has 1 unspecified atom stereocenters. The van der Waals surface area contributed by atoms with E-state index in [0.717, 1.165) is 17.0 Å². The van der Waals surface area contributed by atoms with E-state index in [-0.39, 0.29) is 43.7 Å². The molecule has 3 amide bonds. The number of nitrogens with two attached hydrogens (primary N) is 1. The lowest BCUT2D eigenvalue weighted by atomic mass is 10.0. The van der Waals surface area contributed by atoms with Gasteiger partial charge in [0.15, 0.2) is 17.4 Å². The molecule has 3 aromatic rings. The predicted octanol–water partition coefficient (Wildman–Crippen LogP) is 3.15. The van der Waals surface area contributed by atoms with Gasteiger partial charge in [-0.3, -0.25) is 19.8 Å². The minimum atomic E-state index is -1.09. The summed E-state index contributed by atoms with van der Waals surface area (Å²) in [6, 6.07) is 9.06. The third kappa shape index (κ3) is 5.51. The van der Waals surface area contributed by atoms with Gasteiger partial charge in [-0.15, -0.1) is 11.3 Å². The van der Waals surface area contributed by atoms with Crippen LogP contribution in [0.1, 0.15) is 45.7 Å². The normalized spacial score (nSPS) is 19.6. The van der Waals surface area contributed by atoms with Gasteiger partial charge in [0.05, 0.1) is 25.8 Å². The van der Waals surface area contributed by atoms with E-state index in [1.807, 2.05) is 6.92 Å². The Morgan fingerprint density at radius 3 is 2.56 bits per heavy atom. The molecular formula is C30H29F2N5O5S. The highest BCUT2D eigenvalue weighted by molar-refractivity contribution is 7.10. The zero-order chi connectivity index (χ0) is 30.5. The van der Waals surface area contributed by atoms with Gasteiger partial charge in [-0.05, 0) is 53.9 Å². The Morgan fingerprint density at radius 1 is 1.14 bits per heavy atom. The summed E-state index contributed by atoms with van der Waals surface area (Å²) >= 11 is 1.37. The molecule has 43 heavy (non-hydrogen) atoms. The summed E-state index contributed by atoms with van der Waals surface area (Å²) in [5.74, 6) is -4.23. The van der Waals surface area contributed by atoms with Crippen molar-refractivity contribution in [3.8, 4) is 11.1 Å². The molecule has 10 nitrogen and oxygen atoms in total. The Labute approximate surface area is 249 Å². The molecule has 3 aliphatic heterocycles. The fourth-order valence-corrected chi connectivity index (χ4v) is 6.68. The van der Waals surface area contributed by atoms with Crippen molar-refractivity contribution in [2.24, 2.45) is 5.73 Å². The molecule has 2 aromatic carbocycles. The molecule has 4 N–H and O–H groups in total. The lowest BCUT2D eigenvalue weighted by Gasteiger charge is -2.27. The third-order valence-electron chi connectivity index (χ3n) is 8.01. The van der Waals surface area contributed by atoms with E-state index < -0.39 is 35.4 Å². The first-order chi connectivity index (χ1) is 20.5. The average Bonchev–Trinajstić information content (AvgIpc) is 3.78. The predicted molar refractivity (Wildman–Crippen MR) is 153 cm³/mol. The Bertz CT molecular complexity index is 1640. The van der Waals surface area contributed by atoms with Gasteiger partial charge in [-0.2, -0.15) is 0 Å². The van der Waals surface area contributed by atoms with Gasteiger partial charge in [-0.1, -0.05) is 12.1 Å². The molecule has 2 atom stereocenters. The van der Waals surface area contributed by atoms with Gasteiger partial charge in [0.25, 0.3) is 5.91 Å². The van der Waals surface area contributed by atoms with E-state index >= 15 is 0 Å². The van der Waals surface area contributed by atoms with Crippen LogP contribution in [-0.4, -0.2) is 71.5 Å². The van der Waals surface area contributed by atoms with Crippen molar-refractivity contribution in [1.29, 1.82) is 5.41 Å². The van der Waals surface area contributed by atoms with Crippen LogP contribution < -0.4 is 11.1 Å². The molecule has 3 aliphatic rings. The van der Waals surface area contributed by atoms with E-state index in [0.29, 0.717) is 41.0 Å². The molecule has 0 aliphatic carbocycles. The number of likely N-dealkylation sites (tertiary alicyclic amines) is 1. The number of hydrogen-bond donors (Lipinski definition) is 3. The summed E-state index contributed by atoms with van der Waals surface area (Å²) in [5, 5.41) is 12.3. The number of amides is 3. The smallest absolute Gasteiger partial charge is 0.254 e. The lowest BCUT2D eigenvalue weighted by Crippen LogP contribution is -2.49. The van der Waals surface area contributed by atoms with E-state index in [4.69, 9.17) is 20.6 Å². The molecule has 224 valence electrons. The Kier molecular flexibility index (Phi) is 7.48. The minimum absolute atomic E-state index is 0.0427. The van der Waals surface area contributed by atoms with Crippen LogP contribution in [0.3, 0.4) is 0 Å². The number of rotatable bonds is 7. The highest BCUT2D eigenvalue weighted by Gasteiger charge is 2.53. The van der Waals surface area contributed by atoms with Crippen LogP contribution in [0, 0.1) is 17.0 Å². The second kappa shape index (κ2) is 11.1. The number of thiophene rings is 1. The van der Waals surface area contributed by atoms with Crippen molar-refractivity contribution in [1.82, 2.24) is 15.1 Å². The summed E-state index contributed by atoms with van der Waals surface area (Å²) in [5.41, 5.74) is 8.29. The molecule has 0 radical (unpaired) electrons. The van der Waals surface area contributed by atoms with Crippen LogP contribution >= 0.6 is 11.3 Å². The molecule has 4 heterocycles. The van der Waals surface area contributed by atoms with Crippen LogP contribution in [-0.2, 0) is 25.6 Å². The Morgan fingerprint density at radius 2 is 1.86 bits per heavy atom. The molecule has 1 spiro atoms. The van der Waals surface area contributed by atoms with Crippen molar-refractivity contribution >= 4 is 34.9 Å². The number of carbonyl (C=O) groups excluding carboxylic acids is 3. The largest absolute Gasteiger partial charge is 0.384 e. The molecule has 2 fully saturated rings. The van der Waals surface area contributed by atoms with Crippen LogP contribution in [0.5, 0.6) is 0 Å². The number of nitrogens with zero attached hydrogens (tertiary/aromatic N) is 2. The number of amidine groups is 1. The monoisotopic (exact) mass is 609 g/mol. The quantitative estimate of drug-likeness (QED) is 0.278. The van der Waals surface area contributed by atoms with Crippen molar-refractivity contribution in [2.45, 2.75) is 37.8 Å². The molecule has 2 saturated heterocycles. The highest BCUT2D eigenvalue weighted by Crippen LogP contribution is 2.36. The van der Waals surface area contributed by atoms with Gasteiger partial charge in [0.1, 0.15) is 18.4 Å². The zero-order valence-corrected chi connectivity index (χ0v) is 24.0. The number of halogens is 2. The van der Waals surface area contributed by atoms with Crippen molar-refractivity contribution in [3.63, 3.8) is 0 Å². The summed E-state index contributed by atoms with van der Waals surface area (Å²) in [6.45, 7) is 2.42. The second-order valence-electron chi connectivity index (χ2n) is 10.9. The van der Waals surface area contributed by atoms with Gasteiger partial charge in [-0.25, -0.2) is 8.78 Å². The van der Waals surface area contributed by atoms with Gasteiger partial charge >= 0.3 is 0 Å². The SMILES string of the molecule is C[C@@H](NC(=O)C1CC2(CN1C(=O)CN1Cc3cc(-c4ccc(F)c(F)c4)ccc3C1=O)OCCO2)c1cc(C(=N)N)cs1. The number of nitrogen functional groups attached to an aromatic ring is 1. The maximum atomic E-state index is 13.8. The average molecular weight is 610 g/mol. The summed E-state index contributed by atoms with van der Waals surface area (Å²) in [4.78, 5) is 44.0. The van der Waals surface area contributed by atoms with Crippen LogP contribution in [0.25, 0.3) is 11.1 Å². The Hall–Kier alpha value is -4.20. The number of fused-ring (bicyclic) bond motifs is 1. The van der Waals surface area contributed by atoms with Gasteiger partial charge in [0.2, 0.25) is 11.8 Å². The number of ether oxygens (including phenoxy) is 2. The van der Waals surface area contributed by atoms with Crippen molar-refractivity contribution in [2.75, 3.05) is 26.3 Å². The molecule has 13 heteroatoms. The second-order valence-corrected chi connectivity index (χ2v) is 11.8. The fraction of sp³-hybridized carbons (Fsp3) is 0.333. The molecule has 0 saturated carbocycles. The van der Waals surface area contributed by atoms with E-state index in [1.165, 1.54) is 27.2 Å².